The minimum atomic E-state index is 0.188. The van der Waals surface area contributed by atoms with E-state index >= 15 is 0 Å². The average Bonchev–Trinajstić information content (AvgIpc) is 2.90. The zero-order valence-corrected chi connectivity index (χ0v) is 16.1. The fourth-order valence-electron chi connectivity index (χ4n) is 4.60. The molecule has 3 heteroatoms. The maximum atomic E-state index is 12.8. The van der Waals surface area contributed by atoms with Gasteiger partial charge >= 0.3 is 0 Å². The summed E-state index contributed by atoms with van der Waals surface area (Å²) in [5, 5.41) is 4.51. The Labute approximate surface area is 151 Å². The van der Waals surface area contributed by atoms with Gasteiger partial charge in [0.25, 0.3) is 0 Å². The van der Waals surface area contributed by atoms with E-state index in [1.807, 2.05) is 0 Å². The number of rotatable bonds is 5. The van der Waals surface area contributed by atoms with Gasteiger partial charge in [-0.05, 0) is 55.6 Å². The summed E-state index contributed by atoms with van der Waals surface area (Å²) in [6, 6.07) is 8.41. The molecule has 1 heterocycles. The molecule has 1 aromatic heterocycles. The molecule has 0 saturated heterocycles. The van der Waals surface area contributed by atoms with Gasteiger partial charge in [-0.15, -0.1) is 0 Å². The minimum Gasteiger partial charge on any atom is -0.358 e. The Morgan fingerprint density at radius 2 is 2.04 bits per heavy atom. The molecule has 0 aliphatic heterocycles. The summed E-state index contributed by atoms with van der Waals surface area (Å²) >= 11 is 0. The highest BCUT2D eigenvalue weighted by atomic mass is 16.1. The molecule has 1 saturated carbocycles. The number of nitrogens with one attached hydrogen (secondary N) is 2. The maximum absolute atomic E-state index is 12.8. The van der Waals surface area contributed by atoms with Crippen LogP contribution in [0.3, 0.4) is 0 Å². The average molecular weight is 341 g/mol. The highest BCUT2D eigenvalue weighted by molar-refractivity contribution is 5.84. The summed E-state index contributed by atoms with van der Waals surface area (Å²) in [7, 11) is 0. The standard InChI is InChI=1S/C22H32N2O/c1-14(2)17-10-9-15(3)13-20(17)22(25)23-12-11-18-16(4)24-21-8-6-5-7-19(18)21/h5-8,14-15,17,20,24H,9-13H2,1-4H3,(H,23,25). The number of fused-ring (bicyclic) bond motifs is 1. The number of carbonyl (C=O) groups is 1. The highest BCUT2D eigenvalue weighted by Crippen LogP contribution is 2.38. The Morgan fingerprint density at radius 3 is 2.80 bits per heavy atom. The van der Waals surface area contributed by atoms with Gasteiger partial charge in [0.2, 0.25) is 5.91 Å². The molecular formula is C22H32N2O. The first-order valence-corrected chi connectivity index (χ1v) is 9.81. The van der Waals surface area contributed by atoms with Gasteiger partial charge in [0.1, 0.15) is 0 Å². The van der Waals surface area contributed by atoms with Gasteiger partial charge in [-0.2, -0.15) is 0 Å². The summed E-state index contributed by atoms with van der Waals surface area (Å²) in [6.07, 6.45) is 4.39. The molecule has 1 aliphatic carbocycles. The largest absolute Gasteiger partial charge is 0.358 e. The number of amides is 1. The van der Waals surface area contributed by atoms with Crippen molar-refractivity contribution in [3.05, 3.63) is 35.5 Å². The van der Waals surface area contributed by atoms with Gasteiger partial charge < -0.3 is 10.3 Å². The Balaban J connectivity index is 1.62. The molecule has 0 bridgehead atoms. The molecular weight excluding hydrogens is 308 g/mol. The second kappa shape index (κ2) is 7.63. The lowest BCUT2D eigenvalue weighted by molar-refractivity contribution is -0.129. The van der Waals surface area contributed by atoms with Gasteiger partial charge in [-0.3, -0.25) is 4.79 Å². The second-order valence-electron chi connectivity index (χ2n) is 8.25. The first-order valence-electron chi connectivity index (χ1n) is 9.81. The topological polar surface area (TPSA) is 44.9 Å². The van der Waals surface area contributed by atoms with Crippen LogP contribution in [0, 0.1) is 30.6 Å². The molecule has 3 atom stereocenters. The third-order valence-electron chi connectivity index (χ3n) is 6.06. The second-order valence-corrected chi connectivity index (χ2v) is 8.25. The predicted octanol–water partition coefficient (Wildman–Crippen LogP) is 4.84. The van der Waals surface area contributed by atoms with Gasteiger partial charge in [-0.25, -0.2) is 0 Å². The smallest absolute Gasteiger partial charge is 0.223 e. The van der Waals surface area contributed by atoms with Crippen molar-refractivity contribution in [2.24, 2.45) is 23.7 Å². The van der Waals surface area contributed by atoms with Crippen molar-refractivity contribution < 1.29 is 4.79 Å². The van der Waals surface area contributed by atoms with E-state index in [1.165, 1.54) is 35.0 Å². The van der Waals surface area contributed by atoms with Crippen molar-refractivity contribution in [1.29, 1.82) is 0 Å². The number of benzene rings is 1. The van der Waals surface area contributed by atoms with Crippen molar-refractivity contribution in [2.45, 2.75) is 53.4 Å². The van der Waals surface area contributed by atoms with Crippen LogP contribution in [0.15, 0.2) is 24.3 Å². The van der Waals surface area contributed by atoms with Crippen LogP contribution >= 0.6 is 0 Å². The van der Waals surface area contributed by atoms with Crippen LogP contribution in [0.1, 0.15) is 51.3 Å². The van der Waals surface area contributed by atoms with Crippen molar-refractivity contribution in [2.75, 3.05) is 6.54 Å². The quantitative estimate of drug-likeness (QED) is 0.803. The Bertz CT molecular complexity index is 731. The van der Waals surface area contributed by atoms with E-state index in [0.29, 0.717) is 17.8 Å². The van der Waals surface area contributed by atoms with E-state index in [2.05, 4.69) is 62.3 Å². The Hall–Kier alpha value is -1.77. The molecule has 25 heavy (non-hydrogen) atoms. The van der Waals surface area contributed by atoms with E-state index in [1.54, 1.807) is 0 Å². The lowest BCUT2D eigenvalue weighted by Crippen LogP contribution is -2.40. The third kappa shape index (κ3) is 3.91. The van der Waals surface area contributed by atoms with Crippen LogP contribution < -0.4 is 5.32 Å². The molecule has 0 spiro atoms. The molecule has 3 unspecified atom stereocenters. The number of hydrogen-bond acceptors (Lipinski definition) is 1. The first-order chi connectivity index (χ1) is 12.0. The lowest BCUT2D eigenvalue weighted by atomic mass is 9.70. The number of aromatic nitrogens is 1. The SMILES string of the molecule is Cc1[nH]c2ccccc2c1CCNC(=O)C1CC(C)CCC1C(C)C. The molecule has 1 fully saturated rings. The highest BCUT2D eigenvalue weighted by Gasteiger charge is 2.35. The minimum absolute atomic E-state index is 0.188. The number of hydrogen-bond donors (Lipinski definition) is 2. The lowest BCUT2D eigenvalue weighted by Gasteiger charge is -2.36. The van der Waals surface area contributed by atoms with E-state index in [4.69, 9.17) is 0 Å². The molecule has 1 aliphatic rings. The summed E-state index contributed by atoms with van der Waals surface area (Å²) in [4.78, 5) is 16.3. The zero-order valence-electron chi connectivity index (χ0n) is 16.1. The van der Waals surface area contributed by atoms with E-state index < -0.39 is 0 Å². The van der Waals surface area contributed by atoms with Crippen molar-refractivity contribution in [1.82, 2.24) is 10.3 Å². The van der Waals surface area contributed by atoms with Gasteiger partial charge in [0.05, 0.1) is 0 Å². The van der Waals surface area contributed by atoms with E-state index in [9.17, 15) is 4.79 Å². The molecule has 3 rings (SSSR count). The van der Waals surface area contributed by atoms with Crippen molar-refractivity contribution in [3.8, 4) is 0 Å². The maximum Gasteiger partial charge on any atom is 0.223 e. The third-order valence-corrected chi connectivity index (χ3v) is 6.06. The number of aryl methyl sites for hydroxylation is 1. The molecule has 2 N–H and O–H groups in total. The monoisotopic (exact) mass is 340 g/mol. The molecule has 3 nitrogen and oxygen atoms in total. The fourth-order valence-corrected chi connectivity index (χ4v) is 4.60. The van der Waals surface area contributed by atoms with Gasteiger partial charge in [0, 0.05) is 29.1 Å². The van der Waals surface area contributed by atoms with Crippen LogP contribution in [0.4, 0.5) is 0 Å². The summed E-state index contributed by atoms with van der Waals surface area (Å²) in [5.74, 6) is 2.24. The van der Waals surface area contributed by atoms with Crippen LogP contribution in [-0.2, 0) is 11.2 Å². The van der Waals surface area contributed by atoms with Crippen LogP contribution in [0.25, 0.3) is 10.9 Å². The van der Waals surface area contributed by atoms with Crippen molar-refractivity contribution >= 4 is 16.8 Å². The number of aromatic amines is 1. The number of carbonyl (C=O) groups excluding carboxylic acids is 1. The Morgan fingerprint density at radius 1 is 1.28 bits per heavy atom. The normalized spacial score (nSPS) is 24.0. The van der Waals surface area contributed by atoms with E-state index in [0.717, 1.165) is 19.4 Å². The molecule has 2 aromatic rings. The van der Waals surface area contributed by atoms with E-state index in [-0.39, 0.29) is 11.8 Å². The van der Waals surface area contributed by atoms with Crippen molar-refractivity contribution in [3.63, 3.8) is 0 Å². The van der Waals surface area contributed by atoms with Gasteiger partial charge in [-0.1, -0.05) is 45.4 Å². The molecule has 1 amide bonds. The van der Waals surface area contributed by atoms with Crippen LogP contribution in [0.5, 0.6) is 0 Å². The zero-order chi connectivity index (χ0) is 18.0. The first kappa shape index (κ1) is 18.0. The van der Waals surface area contributed by atoms with Crippen LogP contribution in [-0.4, -0.2) is 17.4 Å². The molecule has 0 radical (unpaired) electrons. The predicted molar refractivity (Wildman–Crippen MR) is 105 cm³/mol. The van der Waals surface area contributed by atoms with Gasteiger partial charge in [0.15, 0.2) is 0 Å². The molecule has 1 aromatic carbocycles. The Kier molecular flexibility index (Phi) is 5.51. The fraction of sp³-hybridized carbons (Fsp3) is 0.591. The summed E-state index contributed by atoms with van der Waals surface area (Å²) in [5.41, 5.74) is 3.72. The number of H-pyrrole nitrogens is 1. The van der Waals surface area contributed by atoms with Crippen LogP contribution in [0.2, 0.25) is 0 Å². The summed E-state index contributed by atoms with van der Waals surface area (Å²) < 4.78 is 0. The number of para-hydroxylation sites is 1. The summed E-state index contributed by atoms with van der Waals surface area (Å²) in [6.45, 7) is 9.64. The molecule has 136 valence electrons.